The van der Waals surface area contributed by atoms with Crippen molar-refractivity contribution in [3.8, 4) is 0 Å². The number of rotatable bonds is 4. The molecule has 6 rings (SSSR count). The summed E-state index contributed by atoms with van der Waals surface area (Å²) in [6.07, 6.45) is 9.31. The first-order chi connectivity index (χ1) is 16.8. The minimum absolute atomic E-state index is 0.0175. The fraction of sp³-hybridized carbons (Fsp3) is 0.320. The van der Waals surface area contributed by atoms with E-state index < -0.39 is 0 Å². The molecule has 6 heterocycles. The third-order valence-corrected chi connectivity index (χ3v) is 6.68. The van der Waals surface area contributed by atoms with Crippen LogP contribution in [0.4, 0.5) is 11.8 Å². The third kappa shape index (κ3) is 3.63. The Hall–Kier alpha value is -4.01. The summed E-state index contributed by atoms with van der Waals surface area (Å²) in [6.45, 7) is 3.66. The lowest BCUT2D eigenvalue weighted by Gasteiger charge is -2.35. The van der Waals surface area contributed by atoms with E-state index in [1.165, 1.54) is 0 Å². The Balaban J connectivity index is 1.28. The van der Waals surface area contributed by atoms with Gasteiger partial charge in [0.2, 0.25) is 5.95 Å². The molecule has 9 heteroatoms. The van der Waals surface area contributed by atoms with Gasteiger partial charge in [0.25, 0.3) is 5.91 Å². The number of pyridine rings is 2. The Labute approximate surface area is 197 Å². The fourth-order valence-corrected chi connectivity index (χ4v) is 5.00. The van der Waals surface area contributed by atoms with Crippen LogP contribution in [0.15, 0.2) is 67.3 Å². The van der Waals surface area contributed by atoms with Gasteiger partial charge < -0.3 is 19.1 Å². The molecule has 2 aliphatic rings. The highest BCUT2D eigenvalue weighted by Gasteiger charge is 2.34. The number of amides is 1. The molecule has 34 heavy (non-hydrogen) atoms. The first-order valence-electron chi connectivity index (χ1n) is 11.8. The number of fused-ring (bicyclic) bond motifs is 1. The van der Waals surface area contributed by atoms with Crippen LogP contribution in [0.2, 0.25) is 0 Å². The van der Waals surface area contributed by atoms with E-state index in [0.717, 1.165) is 49.6 Å². The number of nitrogens with zero attached hydrogens (tertiary/aromatic N) is 8. The van der Waals surface area contributed by atoms with Crippen LogP contribution in [-0.4, -0.2) is 67.9 Å². The van der Waals surface area contributed by atoms with Crippen LogP contribution in [0.5, 0.6) is 0 Å². The Morgan fingerprint density at radius 1 is 0.853 bits per heavy atom. The second-order valence-corrected chi connectivity index (χ2v) is 8.64. The fourth-order valence-electron chi connectivity index (χ4n) is 5.00. The first-order valence-corrected chi connectivity index (χ1v) is 11.8. The summed E-state index contributed by atoms with van der Waals surface area (Å²) in [4.78, 5) is 38.2. The van der Waals surface area contributed by atoms with Gasteiger partial charge in [0.05, 0.1) is 11.6 Å². The number of aromatic nitrogens is 5. The maximum atomic E-state index is 13.6. The third-order valence-electron chi connectivity index (χ3n) is 6.68. The lowest BCUT2D eigenvalue weighted by atomic mass is 10.2. The molecule has 2 saturated heterocycles. The Kier molecular flexibility index (Phi) is 5.29. The molecule has 1 unspecified atom stereocenters. The average Bonchev–Trinajstić information content (AvgIpc) is 3.54. The van der Waals surface area contributed by atoms with Gasteiger partial charge in [-0.3, -0.25) is 4.79 Å². The molecule has 2 aliphatic heterocycles. The predicted octanol–water partition coefficient (Wildman–Crippen LogP) is 2.82. The molecule has 0 aliphatic carbocycles. The molecule has 1 atom stereocenters. The van der Waals surface area contributed by atoms with Gasteiger partial charge in [0.1, 0.15) is 11.6 Å². The highest BCUT2D eigenvalue weighted by Crippen LogP contribution is 2.35. The molecule has 0 spiro atoms. The maximum absolute atomic E-state index is 13.6. The Bertz CT molecular complexity index is 1280. The van der Waals surface area contributed by atoms with Crippen LogP contribution in [0.1, 0.15) is 35.2 Å². The number of anilines is 2. The standard InChI is InChI=1S/C25H26N8O/c34-24(31-17-15-30(16-18-31)21-9-1-3-10-26-21)22-19-7-2-4-13-32(19)23(29-22)20-8-5-14-33(20)25-27-11-6-12-28-25/h1-4,6-7,9-13,20H,5,8,14-18H2. The van der Waals surface area contributed by atoms with Crippen LogP contribution in [0.3, 0.4) is 0 Å². The van der Waals surface area contributed by atoms with Crippen LogP contribution in [-0.2, 0) is 0 Å². The van der Waals surface area contributed by atoms with Crippen molar-refractivity contribution in [1.29, 1.82) is 0 Å². The number of piperazine rings is 1. The van der Waals surface area contributed by atoms with Crippen LogP contribution in [0, 0.1) is 0 Å². The topological polar surface area (TPSA) is 82.8 Å². The van der Waals surface area contributed by atoms with Crippen molar-refractivity contribution < 1.29 is 4.79 Å². The molecule has 4 aromatic heterocycles. The molecule has 0 aromatic carbocycles. The zero-order valence-corrected chi connectivity index (χ0v) is 18.9. The van der Waals surface area contributed by atoms with E-state index in [1.807, 2.05) is 53.6 Å². The summed E-state index contributed by atoms with van der Waals surface area (Å²) in [5.74, 6) is 2.51. The van der Waals surface area contributed by atoms with Crippen molar-refractivity contribution >= 4 is 23.2 Å². The van der Waals surface area contributed by atoms with Crippen molar-refractivity contribution in [3.63, 3.8) is 0 Å². The van der Waals surface area contributed by atoms with E-state index in [1.54, 1.807) is 18.6 Å². The molecule has 0 radical (unpaired) electrons. The second-order valence-electron chi connectivity index (χ2n) is 8.64. The summed E-state index contributed by atoms with van der Waals surface area (Å²) < 4.78 is 2.06. The van der Waals surface area contributed by atoms with Crippen molar-refractivity contribution in [2.75, 3.05) is 42.5 Å². The number of hydrogen-bond donors (Lipinski definition) is 0. The predicted molar refractivity (Wildman–Crippen MR) is 129 cm³/mol. The highest BCUT2D eigenvalue weighted by atomic mass is 16.2. The molecule has 0 N–H and O–H groups in total. The second kappa shape index (κ2) is 8.74. The van der Waals surface area contributed by atoms with E-state index >= 15 is 0 Å². The average molecular weight is 455 g/mol. The molecule has 9 nitrogen and oxygen atoms in total. The summed E-state index contributed by atoms with van der Waals surface area (Å²) in [5.41, 5.74) is 1.36. The first kappa shape index (κ1) is 20.6. The molecule has 4 aromatic rings. The minimum Gasteiger partial charge on any atom is -0.353 e. The van der Waals surface area contributed by atoms with Gasteiger partial charge in [-0.2, -0.15) is 0 Å². The van der Waals surface area contributed by atoms with Crippen LogP contribution >= 0.6 is 0 Å². The molecular weight excluding hydrogens is 428 g/mol. The smallest absolute Gasteiger partial charge is 0.274 e. The van der Waals surface area contributed by atoms with Gasteiger partial charge in [0, 0.05) is 57.5 Å². The highest BCUT2D eigenvalue weighted by molar-refractivity contribution is 5.99. The summed E-state index contributed by atoms with van der Waals surface area (Å²) in [7, 11) is 0. The largest absolute Gasteiger partial charge is 0.353 e. The van der Waals surface area contributed by atoms with Crippen LogP contribution in [0.25, 0.3) is 5.52 Å². The normalized spacial score (nSPS) is 18.6. The minimum atomic E-state index is -0.0175. The number of imidazole rings is 1. The number of hydrogen-bond acceptors (Lipinski definition) is 7. The van der Waals surface area contributed by atoms with Gasteiger partial charge in [-0.1, -0.05) is 12.1 Å². The van der Waals surface area contributed by atoms with Gasteiger partial charge in [0.15, 0.2) is 5.69 Å². The molecule has 2 fully saturated rings. The number of carbonyl (C=O) groups is 1. The van der Waals surface area contributed by atoms with E-state index in [0.29, 0.717) is 24.7 Å². The Morgan fingerprint density at radius 3 is 2.44 bits per heavy atom. The van der Waals surface area contributed by atoms with Gasteiger partial charge in [-0.05, 0) is 43.2 Å². The molecular formula is C25H26N8O. The molecule has 0 bridgehead atoms. The lowest BCUT2D eigenvalue weighted by molar-refractivity contribution is 0.0743. The van der Waals surface area contributed by atoms with Crippen molar-refractivity contribution in [3.05, 3.63) is 78.8 Å². The SMILES string of the molecule is O=C(c1nc(C2CCCN2c2ncccn2)n2ccccc12)N1CCN(c2ccccn2)CC1. The van der Waals surface area contributed by atoms with E-state index in [-0.39, 0.29) is 11.9 Å². The van der Waals surface area contributed by atoms with E-state index in [9.17, 15) is 4.79 Å². The molecule has 1 amide bonds. The summed E-state index contributed by atoms with van der Waals surface area (Å²) in [5, 5.41) is 0. The van der Waals surface area contributed by atoms with Crippen LogP contribution < -0.4 is 9.80 Å². The maximum Gasteiger partial charge on any atom is 0.274 e. The monoisotopic (exact) mass is 454 g/mol. The summed E-state index contributed by atoms with van der Waals surface area (Å²) in [6, 6.07) is 13.7. The van der Waals surface area contributed by atoms with Crippen molar-refractivity contribution in [1.82, 2.24) is 29.2 Å². The van der Waals surface area contributed by atoms with Crippen molar-refractivity contribution in [2.45, 2.75) is 18.9 Å². The summed E-state index contributed by atoms with van der Waals surface area (Å²) >= 11 is 0. The van der Waals surface area contributed by atoms with E-state index in [2.05, 4.69) is 29.2 Å². The van der Waals surface area contributed by atoms with Gasteiger partial charge in [-0.25, -0.2) is 19.9 Å². The van der Waals surface area contributed by atoms with E-state index in [4.69, 9.17) is 4.98 Å². The number of carbonyl (C=O) groups excluding carboxylic acids is 1. The van der Waals surface area contributed by atoms with Gasteiger partial charge >= 0.3 is 0 Å². The van der Waals surface area contributed by atoms with Gasteiger partial charge in [-0.15, -0.1) is 0 Å². The Morgan fingerprint density at radius 2 is 1.65 bits per heavy atom. The molecule has 0 saturated carbocycles. The van der Waals surface area contributed by atoms with Crippen molar-refractivity contribution in [2.24, 2.45) is 0 Å². The molecule has 172 valence electrons. The zero-order chi connectivity index (χ0) is 22.9. The lowest BCUT2D eigenvalue weighted by Crippen LogP contribution is -2.49. The zero-order valence-electron chi connectivity index (χ0n) is 18.9. The quantitative estimate of drug-likeness (QED) is 0.469.